The zero-order valence-corrected chi connectivity index (χ0v) is 21.7. The van der Waals surface area contributed by atoms with Crippen molar-refractivity contribution in [2.24, 2.45) is 36.8 Å². The van der Waals surface area contributed by atoms with Crippen molar-refractivity contribution in [1.29, 1.82) is 0 Å². The van der Waals surface area contributed by atoms with E-state index in [0.717, 1.165) is 69.6 Å². The van der Waals surface area contributed by atoms with Gasteiger partial charge in [-0.25, -0.2) is 48.9 Å². The van der Waals surface area contributed by atoms with E-state index >= 15 is 0 Å². The number of aliphatic imine (C=N–C) groups is 5. The molecule has 2 aliphatic carbocycles. The normalized spacial score (nSPS) is 23.1. The van der Waals surface area contributed by atoms with Gasteiger partial charge in [0.1, 0.15) is 0 Å². The van der Waals surface area contributed by atoms with Gasteiger partial charge in [0, 0.05) is 0 Å². The van der Waals surface area contributed by atoms with Crippen LogP contribution in [0, 0.1) is 11.8 Å². The molecule has 0 saturated heterocycles. The Morgan fingerprint density at radius 2 is 1.08 bits per heavy atom. The lowest BCUT2D eigenvalue weighted by atomic mass is 9.76. The predicted molar refractivity (Wildman–Crippen MR) is 138 cm³/mol. The van der Waals surface area contributed by atoms with Gasteiger partial charge in [0.2, 0.25) is 30.4 Å². The fraction of sp³-hybridized carbons (Fsp3) is 0.815. The summed E-state index contributed by atoms with van der Waals surface area (Å²) >= 11 is 0. The first-order chi connectivity index (χ1) is 18.2. The monoisotopic (exact) mass is 513 g/mol. The van der Waals surface area contributed by atoms with E-state index < -0.39 is 0 Å². The van der Waals surface area contributed by atoms with E-state index in [2.05, 4.69) is 25.0 Å². The zero-order chi connectivity index (χ0) is 27.0. The van der Waals surface area contributed by atoms with E-state index in [4.69, 9.17) is 0 Å². The van der Waals surface area contributed by atoms with Crippen molar-refractivity contribution in [2.75, 3.05) is 13.1 Å². The molecule has 0 aromatic carbocycles. The number of unbranched alkanes of at least 4 members (excludes halogenated alkanes) is 4. The molecule has 0 aromatic heterocycles. The summed E-state index contributed by atoms with van der Waals surface area (Å²) in [5.74, 6) is 1.60. The topological polar surface area (TPSA) is 147 Å². The van der Waals surface area contributed by atoms with Crippen LogP contribution in [0.5, 0.6) is 0 Å². The minimum absolute atomic E-state index is 0.201. The summed E-state index contributed by atoms with van der Waals surface area (Å²) in [6.07, 6.45) is 23.7. The molecule has 0 radical (unpaired) electrons. The van der Waals surface area contributed by atoms with E-state index in [1.807, 2.05) is 0 Å². The van der Waals surface area contributed by atoms with Crippen LogP contribution >= 0.6 is 0 Å². The third-order valence-electron chi connectivity index (χ3n) is 7.24. The van der Waals surface area contributed by atoms with E-state index in [1.165, 1.54) is 50.3 Å². The molecular weight excluding hydrogens is 474 g/mol. The van der Waals surface area contributed by atoms with Crippen LogP contribution in [0.2, 0.25) is 0 Å². The summed E-state index contributed by atoms with van der Waals surface area (Å²) in [6.45, 7) is 0.738. The van der Waals surface area contributed by atoms with E-state index in [1.54, 1.807) is 12.2 Å². The number of hydrogen-bond donors (Lipinski definition) is 0. The van der Waals surface area contributed by atoms with Crippen LogP contribution in [0.3, 0.4) is 0 Å². The molecule has 2 aliphatic rings. The Bertz CT molecular complexity index is 828. The van der Waals surface area contributed by atoms with Crippen LogP contribution < -0.4 is 0 Å². The maximum absolute atomic E-state index is 10.2. The molecule has 1 atom stereocenters. The molecular formula is C27H39N5O5. The number of isocyanates is 5. The second-order valence-corrected chi connectivity index (χ2v) is 9.86. The summed E-state index contributed by atoms with van der Waals surface area (Å²) < 4.78 is 0. The number of rotatable bonds is 15. The quantitative estimate of drug-likeness (QED) is 0.174. The molecule has 10 nitrogen and oxygen atoms in total. The minimum Gasteiger partial charge on any atom is -0.211 e. The lowest BCUT2D eigenvalue weighted by molar-refractivity contribution is 0.226. The molecule has 37 heavy (non-hydrogen) atoms. The first-order valence-electron chi connectivity index (χ1n) is 13.4. The molecule has 0 amide bonds. The van der Waals surface area contributed by atoms with Gasteiger partial charge < -0.3 is 0 Å². The molecule has 0 N–H and O–H groups in total. The fourth-order valence-corrected chi connectivity index (χ4v) is 5.20. The van der Waals surface area contributed by atoms with Crippen LogP contribution in [0.25, 0.3) is 0 Å². The summed E-state index contributed by atoms with van der Waals surface area (Å²) in [4.78, 5) is 68.5. The molecule has 2 fully saturated rings. The maximum atomic E-state index is 10.2. The van der Waals surface area contributed by atoms with Gasteiger partial charge in [0.15, 0.2) is 0 Å². The van der Waals surface area contributed by atoms with Gasteiger partial charge in [0.05, 0.1) is 31.2 Å². The van der Waals surface area contributed by atoms with Gasteiger partial charge in [-0.1, -0.05) is 25.7 Å². The molecule has 202 valence electrons. The van der Waals surface area contributed by atoms with Crippen molar-refractivity contribution in [3.63, 3.8) is 0 Å². The SMILES string of the molecule is O=C=NC1CCC(CC2CCC(N=C=O)CC2)CC1.O=C=NCCCCCCCC(CN=C=O)N=C=O. The summed E-state index contributed by atoms with van der Waals surface area (Å²) in [7, 11) is 0. The third kappa shape index (κ3) is 16.3. The smallest absolute Gasteiger partial charge is 0.211 e. The molecule has 0 heterocycles. The first-order valence-corrected chi connectivity index (χ1v) is 13.4. The van der Waals surface area contributed by atoms with Crippen molar-refractivity contribution in [3.05, 3.63) is 0 Å². The van der Waals surface area contributed by atoms with Crippen molar-refractivity contribution >= 4 is 30.4 Å². The highest BCUT2D eigenvalue weighted by molar-refractivity contribution is 5.35. The first kappa shape index (κ1) is 31.9. The van der Waals surface area contributed by atoms with Crippen LogP contribution in [0.4, 0.5) is 0 Å². The number of carbonyl (C=O) groups excluding carboxylic acids is 5. The van der Waals surface area contributed by atoms with Crippen molar-refractivity contribution in [3.8, 4) is 0 Å². The lowest BCUT2D eigenvalue weighted by Gasteiger charge is -2.31. The Labute approximate surface area is 219 Å². The van der Waals surface area contributed by atoms with Gasteiger partial charge in [0.25, 0.3) is 0 Å². The lowest BCUT2D eigenvalue weighted by Crippen LogP contribution is -2.23. The summed E-state index contributed by atoms with van der Waals surface area (Å²) in [5.41, 5.74) is 0. The highest BCUT2D eigenvalue weighted by atomic mass is 16.1. The van der Waals surface area contributed by atoms with Gasteiger partial charge in [-0.2, -0.15) is 0 Å². The minimum atomic E-state index is -0.261. The molecule has 10 heteroatoms. The molecule has 0 aromatic rings. The highest BCUT2D eigenvalue weighted by Crippen LogP contribution is 2.36. The van der Waals surface area contributed by atoms with Crippen molar-refractivity contribution < 1.29 is 24.0 Å². The van der Waals surface area contributed by atoms with Gasteiger partial charge in [-0.05, 0) is 82.5 Å². The van der Waals surface area contributed by atoms with Crippen molar-refractivity contribution in [2.45, 2.75) is 114 Å². The zero-order valence-electron chi connectivity index (χ0n) is 21.7. The van der Waals surface area contributed by atoms with Crippen LogP contribution in [-0.4, -0.2) is 61.6 Å². The second kappa shape index (κ2) is 22.1. The molecule has 1 unspecified atom stereocenters. The van der Waals surface area contributed by atoms with E-state index in [0.29, 0.717) is 13.0 Å². The highest BCUT2D eigenvalue weighted by Gasteiger charge is 2.26. The molecule has 0 aliphatic heterocycles. The standard InChI is InChI=1S/C15H22N2O2.C12H17N3O3/c18-10-16-14-5-1-12(2-6-14)9-13-3-7-15(8-4-13)17-11-19;16-9-13-7-5-3-1-2-4-6-12(15-11-18)8-14-10-17/h12-15H,1-9H2;12H,1-8H2. The molecule has 2 saturated carbocycles. The average Bonchev–Trinajstić information content (AvgIpc) is 2.91. The fourth-order valence-electron chi connectivity index (χ4n) is 5.20. The van der Waals surface area contributed by atoms with E-state index in [9.17, 15) is 24.0 Å². The molecule has 0 bridgehead atoms. The largest absolute Gasteiger partial charge is 0.235 e. The second-order valence-electron chi connectivity index (χ2n) is 9.86. The molecule has 0 spiro atoms. The third-order valence-corrected chi connectivity index (χ3v) is 7.24. The van der Waals surface area contributed by atoms with E-state index in [-0.39, 0.29) is 24.7 Å². The maximum Gasteiger partial charge on any atom is 0.235 e. The summed E-state index contributed by atoms with van der Waals surface area (Å²) in [5, 5.41) is 0. The van der Waals surface area contributed by atoms with Crippen LogP contribution in [0.15, 0.2) is 25.0 Å². The Morgan fingerprint density at radius 1 is 0.568 bits per heavy atom. The Kier molecular flexibility index (Phi) is 19.1. The number of nitrogens with zero attached hydrogens (tertiary/aromatic N) is 5. The van der Waals surface area contributed by atoms with Gasteiger partial charge in [-0.15, -0.1) is 0 Å². The van der Waals surface area contributed by atoms with Crippen molar-refractivity contribution in [1.82, 2.24) is 0 Å². The average molecular weight is 514 g/mol. The number of hydrogen-bond acceptors (Lipinski definition) is 10. The summed E-state index contributed by atoms with van der Waals surface area (Å²) in [6, 6.07) is 0.196. The Hall–Kier alpha value is -3.10. The van der Waals surface area contributed by atoms with Crippen LogP contribution in [-0.2, 0) is 24.0 Å². The van der Waals surface area contributed by atoms with Gasteiger partial charge >= 0.3 is 0 Å². The van der Waals surface area contributed by atoms with Crippen LogP contribution in [0.1, 0.15) is 96.3 Å². The Morgan fingerprint density at radius 3 is 1.57 bits per heavy atom. The predicted octanol–water partition coefficient (Wildman–Crippen LogP) is 4.87. The Balaban J connectivity index is 0.000000371. The molecule has 2 rings (SSSR count). The van der Waals surface area contributed by atoms with Gasteiger partial charge in [-0.3, -0.25) is 0 Å².